The number of carboxylic acids is 2. The van der Waals surface area contributed by atoms with Crippen molar-refractivity contribution in [2.24, 2.45) is 29.2 Å². The molecule has 1 aliphatic carbocycles. The summed E-state index contributed by atoms with van der Waals surface area (Å²) in [4.78, 5) is 269. The van der Waals surface area contributed by atoms with Crippen LogP contribution in [0.4, 0.5) is 0 Å². The highest BCUT2D eigenvalue weighted by Gasteiger charge is 2.43. The summed E-state index contributed by atoms with van der Waals surface area (Å²) >= 11 is 0. The molecule has 0 spiro atoms. The van der Waals surface area contributed by atoms with E-state index in [1.165, 1.54) is 58.9 Å². The van der Waals surface area contributed by atoms with E-state index in [1.54, 1.807) is 95.4 Å². The number of aromatic nitrogens is 1. The number of hydrogen-bond donors (Lipinski definition) is 21. The molecule has 0 radical (unpaired) electrons. The fraction of sp³-hybridized carbons (Fsp3) is 0.590. The van der Waals surface area contributed by atoms with E-state index in [0.717, 1.165) is 19.3 Å². The zero-order valence-electron chi connectivity index (χ0n) is 82.6. The van der Waals surface area contributed by atoms with Crippen LogP contribution in [0, 0.1) is 17.8 Å². The van der Waals surface area contributed by atoms with Gasteiger partial charge in [-0.3, -0.25) is 91.6 Å². The number of allylic oxidation sites excluding steroid dienone is 2. The third-order valence-corrected chi connectivity index (χ3v) is 25.8. The molecule has 2 heterocycles. The van der Waals surface area contributed by atoms with Crippen LogP contribution in [0.3, 0.4) is 0 Å². The number of aromatic carboxylic acids is 1. The summed E-state index contributed by atoms with van der Waals surface area (Å²) < 4.78 is 0. The number of carbonyl (C=O) groups excluding carboxylic acids is 17. The number of fused-ring (bicyclic) bond motifs is 1. The number of aliphatic hydroxyl groups is 1. The Morgan fingerprint density at radius 2 is 1.19 bits per heavy atom. The number of nitrogens with one attached hydrogen (secondary N) is 16. The van der Waals surface area contributed by atoms with E-state index in [1.807, 2.05) is 26.0 Å². The molecule has 2 aliphatic rings. The number of carbonyl (C=O) groups is 19. The highest BCUT2D eigenvalue weighted by atomic mass is 16.4. The molecule has 1 unspecified atom stereocenters. The van der Waals surface area contributed by atoms with Gasteiger partial charge in [0.15, 0.2) is 34.7 Å². The van der Waals surface area contributed by atoms with Crippen LogP contribution in [-0.4, -0.2) is 254 Å². The van der Waals surface area contributed by atoms with E-state index in [4.69, 9.17) is 11.5 Å². The number of aliphatic carboxylic acids is 1. The number of carboxylic acid groups (broad SMARTS) is 2. The summed E-state index contributed by atoms with van der Waals surface area (Å²) in [7, 11) is 0. The monoisotopic (exact) mass is 1950 g/mol. The van der Waals surface area contributed by atoms with Gasteiger partial charge in [0.2, 0.25) is 65.0 Å². The zero-order valence-corrected chi connectivity index (χ0v) is 82.6. The van der Waals surface area contributed by atoms with Crippen molar-refractivity contribution in [3.05, 3.63) is 119 Å². The molecule has 17 atom stereocenters. The normalized spacial score (nSPS) is 22.3. The van der Waals surface area contributed by atoms with E-state index in [9.17, 15) is 77.6 Å². The predicted octanol–water partition coefficient (Wildman–Crippen LogP) is 2.36. The minimum absolute atomic E-state index is 0.0154. The minimum Gasteiger partial charge on any atom is -0.481 e. The number of ketones is 6. The Labute approximate surface area is 817 Å². The van der Waals surface area contributed by atoms with Gasteiger partial charge in [-0.05, 0) is 165 Å². The van der Waals surface area contributed by atoms with Gasteiger partial charge in [0.25, 0.3) is 0 Å². The lowest BCUT2D eigenvalue weighted by molar-refractivity contribution is -0.140. The lowest BCUT2D eigenvalue weighted by Gasteiger charge is -2.35. The Balaban J connectivity index is 1.38. The van der Waals surface area contributed by atoms with Crippen LogP contribution in [-0.2, 0) is 106 Å². The number of aliphatic hydroxyl groups excluding tert-OH is 1. The number of primary amides is 2. The van der Waals surface area contributed by atoms with Crippen molar-refractivity contribution < 1.29 is 106 Å². The first-order valence-electron chi connectivity index (χ1n) is 48.6. The highest BCUT2D eigenvalue weighted by Crippen LogP contribution is 2.32. The third kappa shape index (κ3) is 39.1. The van der Waals surface area contributed by atoms with Crippen LogP contribution < -0.4 is 91.4 Å². The van der Waals surface area contributed by atoms with E-state index >= 15 is 28.8 Å². The average molecular weight is 1950 g/mol. The molecule has 1 aliphatic heterocycles. The number of para-hydroxylation sites is 1. The van der Waals surface area contributed by atoms with Crippen LogP contribution >= 0.6 is 0 Å². The second kappa shape index (κ2) is 58.1. The van der Waals surface area contributed by atoms with Crippen molar-refractivity contribution in [3.8, 4) is 0 Å². The summed E-state index contributed by atoms with van der Waals surface area (Å²) in [5.74, 6) is -15.7. The molecule has 1 aromatic heterocycles. The van der Waals surface area contributed by atoms with Gasteiger partial charge in [0.05, 0.1) is 79.5 Å². The van der Waals surface area contributed by atoms with Crippen molar-refractivity contribution in [2.75, 3.05) is 26.2 Å². The van der Waals surface area contributed by atoms with E-state index < -0.39 is 235 Å². The molecule has 0 saturated heterocycles. The highest BCUT2D eigenvalue weighted by molar-refractivity contribution is 6.05. The molecule has 23 N–H and O–H groups in total. The molecule has 1 fully saturated rings. The second-order valence-electron chi connectivity index (χ2n) is 38.0. The van der Waals surface area contributed by atoms with Gasteiger partial charge in [-0.2, -0.15) is 0 Å². The predicted molar refractivity (Wildman–Crippen MR) is 522 cm³/mol. The van der Waals surface area contributed by atoms with Crippen LogP contribution in [0.25, 0.3) is 10.9 Å². The molecule has 4 aromatic rings. The fourth-order valence-corrected chi connectivity index (χ4v) is 16.3. The number of hydrogen-bond acceptors (Lipinski definition) is 26. The lowest BCUT2D eigenvalue weighted by Crippen LogP contribution is -2.65. The van der Waals surface area contributed by atoms with Gasteiger partial charge < -0.3 is 95.6 Å². The molecule has 40 heteroatoms. The number of rotatable bonds is 43. The van der Waals surface area contributed by atoms with Crippen molar-refractivity contribution in [3.63, 3.8) is 0 Å². The molecular weight excluding hydrogens is 1810 g/mol. The first-order valence-corrected chi connectivity index (χ1v) is 48.6. The number of H-pyrrole nitrogens is 1. The average Bonchev–Trinajstić information content (AvgIpc) is 1.52. The van der Waals surface area contributed by atoms with Crippen LogP contribution in [0.1, 0.15) is 245 Å². The first-order chi connectivity index (χ1) is 66.2. The van der Waals surface area contributed by atoms with Crippen molar-refractivity contribution >= 4 is 123 Å². The number of aromatic amines is 1. The van der Waals surface area contributed by atoms with Crippen LogP contribution in [0.2, 0.25) is 0 Å². The first kappa shape index (κ1) is 117. The molecule has 1 saturated carbocycles. The lowest BCUT2D eigenvalue weighted by atomic mass is 9.80. The van der Waals surface area contributed by atoms with Gasteiger partial charge in [0, 0.05) is 69.1 Å². The molecule has 6 rings (SSSR count). The largest absolute Gasteiger partial charge is 0.481 e. The van der Waals surface area contributed by atoms with Crippen molar-refractivity contribution in [1.29, 1.82) is 0 Å². The quantitative estimate of drug-likeness (QED) is 0.0223. The summed E-state index contributed by atoms with van der Waals surface area (Å²) in [6.07, 6.45) is 6.14. The Bertz CT molecular complexity index is 4950. The number of amides is 11. The summed E-state index contributed by atoms with van der Waals surface area (Å²) in [6, 6.07) is 3.93. The van der Waals surface area contributed by atoms with Gasteiger partial charge in [-0.1, -0.05) is 145 Å². The summed E-state index contributed by atoms with van der Waals surface area (Å²) in [5.41, 5.74) is 15.0. The number of Topliss-reactive ketones (excluding diaryl/α,β-unsaturated/α-hetero) is 6. The number of nitrogens with two attached hydrogens (primary N) is 2. The smallest absolute Gasteiger partial charge is 0.335 e. The van der Waals surface area contributed by atoms with E-state index in [-0.39, 0.29) is 118 Å². The summed E-state index contributed by atoms with van der Waals surface area (Å²) in [6.45, 7) is 17.5. The molecule has 0 bridgehead atoms. The molecule has 11 amide bonds. The fourth-order valence-electron chi connectivity index (χ4n) is 16.3. The summed E-state index contributed by atoms with van der Waals surface area (Å²) in [5, 5.41) is 68.1. The standard InChI is InChI=1S/C100H148N18O22/c1-13-58(4)87(95(136)108-62(8)89(102)130)107-54-82(124)61(7)103-46-43-79(121)59(5)105-56-84(126)99(11)44-26-19-17-15-14-16-18-20-27-45-100(12,116-93(134)77(48-65-29-22-21-23-30-65)112-96(137)88(63(9)119)114-92(133)75(47-57(2)3)109-64(10)120)98(140)113-73(40-42-86(128)129)90(131)111-76(49-67-35-37-68(38-36-67)97(138)139)91(132)110-74(51-69-53-106-71-34-25-24-33-70(69)71)83(125)55-104-60(6)80(122)52-81(123)72(39-41-85(101)127)117-118-78(94(135)115-99)50-66-31-28-32-66/h15,17,21-25,29-30,33-38,53,57-63,66,72-78,87-88,103-107,117-119H,13-14,16,18-20,26-28,31-32,39-52,54-56H2,1-12H3,(H2,101,127)(H2,102,130)(H,108,136)(H,109,120)(H,110,132)(H,111,131)(H,112,137)(H,113,140)(H,114,133)(H,115,135)(H,116,134)(H,128,129)(H,138,139)/t58?,59-,60-,61-,62+,63+,72-,73-,74-,75-,76-,77-,78-,87-,88-,99-,100+/m0/s1. The molecule has 140 heavy (non-hydrogen) atoms. The SMILES string of the molecule is CCC(C)[C@H](NCC(=O)[C@H](C)NCCC(=O)[C@H](C)NCC(=O)[C@]1(C)CCCC=CCCCCCC[C@@](C)(NC(=O)[C@H](Cc2ccccc2)NC(=O)[C@@H](NC(=O)[C@H](CC(C)C)NC(C)=O)[C@@H](C)O)C(=O)N[C@@H](CCC(=O)O)C(=O)N[C@@H](Cc2ccc(C(=O)O)cc2)C(=O)N[C@@H](Cc2c[nH]c3ccccc23)C(=O)CN[C@@H](C)C(=O)CC(=O)[C@H](CCC(N)=O)NN[C@@H](CC2CCC2)C(=O)N1)C(=O)N[C@H](C)C(N)=O. The molecule has 3 aromatic carbocycles. The maximum atomic E-state index is 15.6. The van der Waals surface area contributed by atoms with Crippen LogP contribution in [0.15, 0.2) is 97.2 Å². The third-order valence-electron chi connectivity index (χ3n) is 25.8. The molecule has 40 nitrogen and oxygen atoms in total. The molecule has 770 valence electrons. The Morgan fingerprint density at radius 3 is 1.81 bits per heavy atom. The van der Waals surface area contributed by atoms with Crippen molar-refractivity contribution in [1.82, 2.24) is 85.0 Å². The maximum Gasteiger partial charge on any atom is 0.335 e. The van der Waals surface area contributed by atoms with Gasteiger partial charge in [-0.15, -0.1) is 0 Å². The Kier molecular flexibility index (Phi) is 48.4. The van der Waals surface area contributed by atoms with Crippen LogP contribution in [0.5, 0.6) is 0 Å². The van der Waals surface area contributed by atoms with Gasteiger partial charge >= 0.3 is 11.9 Å². The number of benzene rings is 3. The Hall–Kier alpha value is -12.2. The van der Waals surface area contributed by atoms with Crippen molar-refractivity contribution in [2.45, 2.75) is 333 Å². The second-order valence-corrected chi connectivity index (χ2v) is 38.0. The zero-order chi connectivity index (χ0) is 104. The topological polar surface area (TPSA) is 633 Å². The van der Waals surface area contributed by atoms with E-state index in [0.29, 0.717) is 67.0 Å². The Morgan fingerprint density at radius 1 is 0.557 bits per heavy atom. The number of hydrazine groups is 1. The maximum absolute atomic E-state index is 15.6. The minimum atomic E-state index is -2.07. The van der Waals surface area contributed by atoms with E-state index in [2.05, 4.69) is 85.0 Å². The van der Waals surface area contributed by atoms with Gasteiger partial charge in [-0.25, -0.2) is 15.6 Å². The van der Waals surface area contributed by atoms with Gasteiger partial charge in [0.1, 0.15) is 47.8 Å². The molecular formula is C100H148N18O22.